The second kappa shape index (κ2) is 6.34. The summed E-state index contributed by atoms with van der Waals surface area (Å²) in [5, 5.41) is 0. The van der Waals surface area contributed by atoms with E-state index in [0.29, 0.717) is 0 Å². The van der Waals surface area contributed by atoms with Crippen molar-refractivity contribution < 1.29 is 13.0 Å². The molecule has 0 saturated heterocycles. The van der Waals surface area contributed by atoms with Gasteiger partial charge in [0.15, 0.2) is 0 Å². The lowest BCUT2D eigenvalue weighted by molar-refractivity contribution is 0.480. The molecule has 0 amide bonds. The van der Waals surface area contributed by atoms with Crippen LogP contribution in [0.1, 0.15) is 57.1 Å². The molecular weight excluding hydrogens is 248 g/mol. The van der Waals surface area contributed by atoms with Crippen LogP contribution in [-0.4, -0.2) is 13.0 Å². The van der Waals surface area contributed by atoms with Crippen LogP contribution < -0.4 is 0 Å². The van der Waals surface area contributed by atoms with Crippen LogP contribution in [0.5, 0.6) is 0 Å². The number of hydrogen-bond acceptors (Lipinski definition) is 2. The maximum atomic E-state index is 11.5. The summed E-state index contributed by atoms with van der Waals surface area (Å²) in [6, 6.07) is 5.16. The summed E-state index contributed by atoms with van der Waals surface area (Å²) < 4.78 is 32.2. The normalized spacial score (nSPS) is 13.6. The zero-order valence-electron chi connectivity index (χ0n) is 11.3. The fourth-order valence-corrected chi connectivity index (χ4v) is 3.02. The van der Waals surface area contributed by atoms with Crippen molar-refractivity contribution in [2.45, 2.75) is 57.3 Å². The summed E-state index contributed by atoms with van der Waals surface area (Å²) in [5.74, 6) is 0.134. The Morgan fingerprint density at radius 3 is 2.44 bits per heavy atom. The molecule has 102 valence electrons. The highest BCUT2D eigenvalue weighted by molar-refractivity contribution is 7.85. The van der Waals surface area contributed by atoms with Crippen LogP contribution in [0.2, 0.25) is 0 Å². The van der Waals surface area contributed by atoms with Crippen molar-refractivity contribution in [1.29, 1.82) is 0 Å². The molecule has 0 saturated carbocycles. The second-order valence-electron chi connectivity index (χ2n) is 4.72. The standard InChI is InChI=1S/C14H22O3S/c1-4-6-8-12-9-7-10-13(18(15,16)17)14(12)11(3)5-2/h7,9-11H,4-6,8H2,1-3H3,(H,15,16,17). The van der Waals surface area contributed by atoms with Crippen LogP contribution >= 0.6 is 0 Å². The predicted octanol–water partition coefficient (Wildman–Crippen LogP) is 3.79. The van der Waals surface area contributed by atoms with Crippen molar-refractivity contribution >= 4 is 10.1 Å². The Morgan fingerprint density at radius 1 is 1.28 bits per heavy atom. The molecule has 18 heavy (non-hydrogen) atoms. The summed E-state index contributed by atoms with van der Waals surface area (Å²) in [5.41, 5.74) is 1.83. The van der Waals surface area contributed by atoms with E-state index in [9.17, 15) is 13.0 Å². The average Bonchev–Trinajstić information content (AvgIpc) is 2.33. The SMILES string of the molecule is CCCCc1cccc(S(=O)(=O)O)c1C(C)CC. The van der Waals surface area contributed by atoms with Crippen molar-refractivity contribution in [3.8, 4) is 0 Å². The highest BCUT2D eigenvalue weighted by Gasteiger charge is 2.21. The molecular formula is C14H22O3S. The lowest BCUT2D eigenvalue weighted by Gasteiger charge is -2.18. The van der Waals surface area contributed by atoms with Crippen LogP contribution in [0.3, 0.4) is 0 Å². The van der Waals surface area contributed by atoms with Crippen molar-refractivity contribution in [1.82, 2.24) is 0 Å². The van der Waals surface area contributed by atoms with Crippen molar-refractivity contribution in [3.05, 3.63) is 29.3 Å². The van der Waals surface area contributed by atoms with Gasteiger partial charge in [0.05, 0.1) is 4.90 Å². The molecule has 0 aliphatic heterocycles. The van der Waals surface area contributed by atoms with Gasteiger partial charge in [-0.2, -0.15) is 8.42 Å². The van der Waals surface area contributed by atoms with Gasteiger partial charge in [-0.3, -0.25) is 4.55 Å². The zero-order chi connectivity index (χ0) is 13.8. The summed E-state index contributed by atoms with van der Waals surface area (Å²) in [4.78, 5) is 0.0745. The van der Waals surface area contributed by atoms with E-state index in [1.807, 2.05) is 19.9 Å². The van der Waals surface area contributed by atoms with Gasteiger partial charge in [-0.15, -0.1) is 0 Å². The Hall–Kier alpha value is -0.870. The van der Waals surface area contributed by atoms with E-state index in [-0.39, 0.29) is 10.8 Å². The van der Waals surface area contributed by atoms with Crippen LogP contribution in [0, 0.1) is 0 Å². The highest BCUT2D eigenvalue weighted by Crippen LogP contribution is 2.30. The number of unbranched alkanes of at least 4 members (excludes halogenated alkanes) is 1. The first-order valence-electron chi connectivity index (χ1n) is 6.51. The van der Waals surface area contributed by atoms with E-state index in [1.165, 1.54) is 6.07 Å². The van der Waals surface area contributed by atoms with Gasteiger partial charge >= 0.3 is 0 Å². The molecule has 1 aromatic rings. The van der Waals surface area contributed by atoms with Gasteiger partial charge in [-0.05, 0) is 42.4 Å². The summed E-state index contributed by atoms with van der Waals surface area (Å²) in [6.07, 6.45) is 3.81. The van der Waals surface area contributed by atoms with Crippen LogP contribution in [-0.2, 0) is 16.5 Å². The minimum Gasteiger partial charge on any atom is -0.282 e. The Balaban J connectivity index is 3.35. The molecule has 3 nitrogen and oxygen atoms in total. The largest absolute Gasteiger partial charge is 0.294 e. The lowest BCUT2D eigenvalue weighted by atomic mass is 9.91. The van der Waals surface area contributed by atoms with Gasteiger partial charge in [0.1, 0.15) is 0 Å². The highest BCUT2D eigenvalue weighted by atomic mass is 32.2. The Labute approximate surface area is 110 Å². The van der Waals surface area contributed by atoms with Gasteiger partial charge in [-0.25, -0.2) is 0 Å². The zero-order valence-corrected chi connectivity index (χ0v) is 12.1. The number of rotatable bonds is 6. The molecule has 0 radical (unpaired) electrons. The first kappa shape index (κ1) is 15.2. The quantitative estimate of drug-likeness (QED) is 0.800. The van der Waals surface area contributed by atoms with Gasteiger partial charge in [-0.1, -0.05) is 39.3 Å². The van der Waals surface area contributed by atoms with E-state index in [1.54, 1.807) is 6.07 Å². The Kier molecular flexibility index (Phi) is 5.35. The topological polar surface area (TPSA) is 54.4 Å². The Morgan fingerprint density at radius 2 is 1.94 bits per heavy atom. The fourth-order valence-electron chi connectivity index (χ4n) is 2.16. The summed E-state index contributed by atoms with van der Waals surface area (Å²) >= 11 is 0. The van der Waals surface area contributed by atoms with Crippen LogP contribution in [0.4, 0.5) is 0 Å². The molecule has 0 aliphatic carbocycles. The maximum Gasteiger partial charge on any atom is 0.294 e. The molecule has 0 bridgehead atoms. The van der Waals surface area contributed by atoms with E-state index in [4.69, 9.17) is 0 Å². The van der Waals surface area contributed by atoms with Gasteiger partial charge in [0.2, 0.25) is 0 Å². The number of aryl methyl sites for hydroxylation is 1. The van der Waals surface area contributed by atoms with Gasteiger partial charge < -0.3 is 0 Å². The smallest absolute Gasteiger partial charge is 0.282 e. The third kappa shape index (κ3) is 3.56. The molecule has 1 N–H and O–H groups in total. The molecule has 0 spiro atoms. The van der Waals surface area contributed by atoms with Crippen LogP contribution in [0.15, 0.2) is 23.1 Å². The fraction of sp³-hybridized carbons (Fsp3) is 0.571. The summed E-state index contributed by atoms with van der Waals surface area (Å²) in [6.45, 7) is 6.13. The summed E-state index contributed by atoms with van der Waals surface area (Å²) in [7, 11) is -4.14. The first-order valence-corrected chi connectivity index (χ1v) is 7.95. The first-order chi connectivity index (χ1) is 8.41. The maximum absolute atomic E-state index is 11.5. The predicted molar refractivity (Wildman–Crippen MR) is 73.6 cm³/mol. The van der Waals surface area contributed by atoms with Gasteiger partial charge in [0, 0.05) is 0 Å². The number of benzene rings is 1. The minimum absolute atomic E-state index is 0.0745. The molecule has 4 heteroatoms. The molecule has 1 unspecified atom stereocenters. The van der Waals surface area contributed by atoms with E-state index in [0.717, 1.165) is 36.8 Å². The van der Waals surface area contributed by atoms with E-state index in [2.05, 4.69) is 6.92 Å². The van der Waals surface area contributed by atoms with Crippen molar-refractivity contribution in [2.24, 2.45) is 0 Å². The number of hydrogen-bond donors (Lipinski definition) is 1. The van der Waals surface area contributed by atoms with E-state index < -0.39 is 10.1 Å². The third-order valence-electron chi connectivity index (χ3n) is 3.34. The van der Waals surface area contributed by atoms with Crippen molar-refractivity contribution in [3.63, 3.8) is 0 Å². The Bertz CT molecular complexity index is 492. The molecule has 0 aromatic heterocycles. The molecule has 0 aliphatic rings. The third-order valence-corrected chi connectivity index (χ3v) is 4.25. The lowest BCUT2D eigenvalue weighted by Crippen LogP contribution is -2.09. The molecule has 0 fully saturated rings. The molecule has 1 rings (SSSR count). The van der Waals surface area contributed by atoms with Crippen LogP contribution in [0.25, 0.3) is 0 Å². The average molecular weight is 270 g/mol. The molecule has 0 heterocycles. The van der Waals surface area contributed by atoms with Crippen molar-refractivity contribution in [2.75, 3.05) is 0 Å². The second-order valence-corrected chi connectivity index (χ2v) is 6.11. The molecule has 1 atom stereocenters. The van der Waals surface area contributed by atoms with E-state index >= 15 is 0 Å². The van der Waals surface area contributed by atoms with Gasteiger partial charge in [0.25, 0.3) is 10.1 Å². The molecule has 1 aromatic carbocycles. The minimum atomic E-state index is -4.14. The monoisotopic (exact) mass is 270 g/mol.